The summed E-state index contributed by atoms with van der Waals surface area (Å²) in [4.78, 5) is 70.0. The van der Waals surface area contributed by atoms with Gasteiger partial charge in [0.2, 0.25) is 6.29 Å². The molecule has 6 rings (SSSR count). The number of allylic oxidation sites excluding steroid dienone is 4. The number of aromatic nitrogens is 2. The van der Waals surface area contributed by atoms with Crippen molar-refractivity contribution in [2.75, 3.05) is 20.8 Å². The lowest BCUT2D eigenvalue weighted by atomic mass is 9.47. The van der Waals surface area contributed by atoms with Crippen molar-refractivity contribution in [3.05, 3.63) is 66.8 Å². The number of rotatable bonds is 9. The van der Waals surface area contributed by atoms with Gasteiger partial charge in [0.25, 0.3) is 5.56 Å². The van der Waals surface area contributed by atoms with E-state index < -0.39 is 76.4 Å². The van der Waals surface area contributed by atoms with Crippen molar-refractivity contribution in [1.29, 1.82) is 0 Å². The number of fused-ring (bicyclic) bond motifs is 5. The highest BCUT2D eigenvalue weighted by Gasteiger charge is 2.66. The van der Waals surface area contributed by atoms with Gasteiger partial charge in [-0.15, -0.1) is 0 Å². The van der Waals surface area contributed by atoms with E-state index in [0.717, 1.165) is 5.57 Å². The van der Waals surface area contributed by atoms with Crippen molar-refractivity contribution in [3.63, 3.8) is 0 Å². The molecule has 0 amide bonds. The minimum atomic E-state index is -1.24. The molecular weight excluding hydrogens is 638 g/mol. The van der Waals surface area contributed by atoms with Crippen LogP contribution in [-0.4, -0.2) is 77.6 Å². The molecule has 2 heterocycles. The van der Waals surface area contributed by atoms with Crippen LogP contribution in [-0.2, 0) is 33.3 Å². The molecular formula is C34H43N5O10. The van der Waals surface area contributed by atoms with Crippen LogP contribution in [0.25, 0.3) is 10.4 Å². The predicted molar refractivity (Wildman–Crippen MR) is 172 cm³/mol. The van der Waals surface area contributed by atoms with Gasteiger partial charge in [0, 0.05) is 61.0 Å². The zero-order valence-electron chi connectivity index (χ0n) is 28.2. The Balaban J connectivity index is 1.27. The number of Topliss-reactive ketones (excluding diaryl/α,β-unsaturated/α-hetero) is 1. The smallest absolute Gasteiger partial charge is 0.330 e. The van der Waals surface area contributed by atoms with Gasteiger partial charge in [0.1, 0.15) is 18.9 Å². The van der Waals surface area contributed by atoms with E-state index in [1.165, 1.54) is 25.0 Å². The van der Waals surface area contributed by atoms with Crippen molar-refractivity contribution >= 4 is 17.5 Å². The van der Waals surface area contributed by atoms with Crippen molar-refractivity contribution in [2.24, 2.45) is 45.5 Å². The third-order valence-corrected chi connectivity index (χ3v) is 12.0. The standard InChI is InChI=1S/C34H43N5O10/c1-16-14-39(32(45)36-29(16)43)25-12-22(37-38-35)24(49-25)15-48-30(44)20-11-21-19-7-6-17-10-18(40)8-9-33(17,2)26(19)23(41)13-34(21,3)27(20)28(42)31(46-4)47-5/h6,8-9,14,19-27,31,41H,7,10-13,15H2,1-5H3,(H,36,43,45)/t19?,20?,21?,22-,23?,24?,25?,26?,27?,33?,34?/m0/s1. The van der Waals surface area contributed by atoms with Crippen molar-refractivity contribution in [3.8, 4) is 0 Å². The first-order chi connectivity index (χ1) is 23.3. The van der Waals surface area contributed by atoms with Gasteiger partial charge in [0.05, 0.1) is 18.1 Å². The molecule has 264 valence electrons. The number of nitrogens with one attached hydrogen (secondary N) is 1. The number of azide groups is 1. The average Bonchev–Trinajstić information content (AvgIpc) is 3.60. The highest BCUT2D eigenvalue weighted by Crippen LogP contribution is 2.67. The summed E-state index contributed by atoms with van der Waals surface area (Å²) in [6.45, 7) is 5.23. The van der Waals surface area contributed by atoms with Crippen LogP contribution in [0.15, 0.2) is 44.7 Å². The molecule has 15 heteroatoms. The van der Waals surface area contributed by atoms with E-state index in [-0.39, 0.29) is 48.5 Å². The summed E-state index contributed by atoms with van der Waals surface area (Å²) in [5.41, 5.74) is 7.94. The second-order valence-electron chi connectivity index (χ2n) is 14.6. The van der Waals surface area contributed by atoms with Gasteiger partial charge in [-0.25, -0.2) is 4.79 Å². The molecule has 4 aliphatic carbocycles. The maximum Gasteiger partial charge on any atom is 0.330 e. The normalized spacial score (nSPS) is 37.9. The molecule has 3 fully saturated rings. The Bertz CT molecular complexity index is 1760. The third-order valence-electron chi connectivity index (χ3n) is 12.0. The Labute approximate surface area is 282 Å². The topological polar surface area (TPSA) is 212 Å². The molecule has 1 aromatic rings. The molecule has 0 bridgehead atoms. The van der Waals surface area contributed by atoms with Crippen LogP contribution in [0.5, 0.6) is 0 Å². The highest BCUT2D eigenvalue weighted by atomic mass is 16.7. The minimum Gasteiger partial charge on any atom is -0.463 e. The average molecular weight is 682 g/mol. The molecule has 0 aromatic carbocycles. The zero-order chi connectivity index (χ0) is 35.4. The van der Waals surface area contributed by atoms with E-state index in [0.29, 0.717) is 19.3 Å². The van der Waals surface area contributed by atoms with E-state index in [4.69, 9.17) is 18.9 Å². The highest BCUT2D eigenvalue weighted by molar-refractivity contribution is 5.93. The van der Waals surface area contributed by atoms with Gasteiger partial charge in [-0.3, -0.25) is 28.7 Å². The molecule has 1 aromatic heterocycles. The van der Waals surface area contributed by atoms with Gasteiger partial charge >= 0.3 is 11.7 Å². The number of hydrogen-bond donors (Lipinski definition) is 2. The molecule has 1 saturated heterocycles. The molecule has 0 spiro atoms. The Hall–Kier alpha value is -3.88. The number of esters is 1. The molecule has 5 aliphatic rings. The summed E-state index contributed by atoms with van der Waals surface area (Å²) in [7, 11) is 2.70. The summed E-state index contributed by atoms with van der Waals surface area (Å²) < 4.78 is 23.8. The lowest BCUT2D eigenvalue weighted by Gasteiger charge is -2.58. The number of hydrogen-bond acceptors (Lipinski definition) is 11. The fourth-order valence-corrected chi connectivity index (χ4v) is 9.81. The fourth-order valence-electron chi connectivity index (χ4n) is 9.81. The van der Waals surface area contributed by atoms with Crippen LogP contribution < -0.4 is 11.2 Å². The number of methoxy groups -OCH3 is 2. The number of aryl methyl sites for hydroxylation is 1. The van der Waals surface area contributed by atoms with E-state index in [1.807, 2.05) is 13.0 Å². The maximum atomic E-state index is 14.1. The largest absolute Gasteiger partial charge is 0.463 e. The molecule has 0 radical (unpaired) electrons. The number of aliphatic hydroxyl groups excluding tert-OH is 1. The lowest BCUT2D eigenvalue weighted by Crippen LogP contribution is -2.56. The Morgan fingerprint density at radius 2 is 1.96 bits per heavy atom. The first-order valence-corrected chi connectivity index (χ1v) is 16.6. The molecule has 10 unspecified atom stereocenters. The van der Waals surface area contributed by atoms with E-state index in [9.17, 15) is 34.6 Å². The van der Waals surface area contributed by atoms with Gasteiger partial charge in [-0.05, 0) is 55.0 Å². The molecule has 2 N–H and O–H groups in total. The number of H-pyrrole nitrogens is 1. The van der Waals surface area contributed by atoms with Crippen LogP contribution in [0.4, 0.5) is 0 Å². The van der Waals surface area contributed by atoms with E-state index in [1.54, 1.807) is 13.0 Å². The van der Waals surface area contributed by atoms with Crippen LogP contribution in [0, 0.1) is 47.3 Å². The Kier molecular flexibility index (Phi) is 9.35. The van der Waals surface area contributed by atoms with E-state index >= 15 is 0 Å². The van der Waals surface area contributed by atoms with Gasteiger partial charge in [0.15, 0.2) is 11.6 Å². The molecule has 1 aliphatic heterocycles. The van der Waals surface area contributed by atoms with Gasteiger partial charge in [-0.1, -0.05) is 36.7 Å². The number of aliphatic hydroxyl groups is 1. The molecule has 11 atom stereocenters. The zero-order valence-corrected chi connectivity index (χ0v) is 28.2. The first kappa shape index (κ1) is 35.0. The third kappa shape index (κ3) is 5.80. The lowest BCUT2D eigenvalue weighted by molar-refractivity contribution is -0.175. The second-order valence-corrected chi connectivity index (χ2v) is 14.6. The van der Waals surface area contributed by atoms with Crippen LogP contribution in [0.3, 0.4) is 0 Å². The summed E-state index contributed by atoms with van der Waals surface area (Å²) >= 11 is 0. The van der Waals surface area contributed by atoms with Crippen LogP contribution in [0.1, 0.15) is 57.7 Å². The van der Waals surface area contributed by atoms with Gasteiger partial charge in [-0.2, -0.15) is 0 Å². The number of carbonyl (C=O) groups is 3. The minimum absolute atomic E-state index is 0.0259. The number of nitrogens with zero attached hydrogens (tertiary/aromatic N) is 4. The predicted octanol–water partition coefficient (Wildman–Crippen LogP) is 2.66. The summed E-state index contributed by atoms with van der Waals surface area (Å²) in [6.07, 6.45) is 4.70. The number of aromatic amines is 1. The number of carbonyl (C=O) groups excluding carboxylic acids is 3. The SMILES string of the molecule is COC(OC)C(=O)C1C(C(=O)OCC2OC(n3cc(C)c(=O)[nH]c3=O)C[C@@H]2N=[N+]=[N-])CC2C3CC=C4CC(=O)C=CC4(C)C3C(O)CC21C. The monoisotopic (exact) mass is 681 g/mol. The van der Waals surface area contributed by atoms with Crippen LogP contribution in [0.2, 0.25) is 0 Å². The Morgan fingerprint density at radius 3 is 2.65 bits per heavy atom. The molecule has 49 heavy (non-hydrogen) atoms. The van der Waals surface area contributed by atoms with E-state index in [2.05, 4.69) is 28.0 Å². The van der Waals surface area contributed by atoms with Crippen molar-refractivity contribution in [1.82, 2.24) is 9.55 Å². The fraction of sp³-hybridized carbons (Fsp3) is 0.676. The van der Waals surface area contributed by atoms with Gasteiger partial charge < -0.3 is 24.1 Å². The molecule has 2 saturated carbocycles. The number of ketones is 2. The Morgan fingerprint density at radius 1 is 1.22 bits per heavy atom. The first-order valence-electron chi connectivity index (χ1n) is 16.6. The quantitative estimate of drug-likeness (QED) is 0.0971. The second kappa shape index (κ2) is 13.1. The van der Waals surface area contributed by atoms with Crippen molar-refractivity contribution in [2.45, 2.75) is 83.6 Å². The number of ether oxygens (including phenoxy) is 4. The van der Waals surface area contributed by atoms with Crippen molar-refractivity contribution < 1.29 is 38.4 Å². The summed E-state index contributed by atoms with van der Waals surface area (Å²) in [6, 6.07) is -0.787. The van der Waals surface area contributed by atoms with Crippen LogP contribution >= 0.6 is 0 Å². The summed E-state index contributed by atoms with van der Waals surface area (Å²) in [5.74, 6) is -3.28. The molecule has 15 nitrogen and oxygen atoms in total. The maximum absolute atomic E-state index is 14.1. The summed E-state index contributed by atoms with van der Waals surface area (Å²) in [5, 5.41) is 15.6.